The average Bonchev–Trinajstić information content (AvgIpc) is 2.64. The van der Waals surface area contributed by atoms with E-state index in [1.165, 1.54) is 16.7 Å². The molecule has 0 saturated carbocycles. The van der Waals surface area contributed by atoms with Gasteiger partial charge < -0.3 is 10.1 Å². The second kappa shape index (κ2) is 7.32. The van der Waals surface area contributed by atoms with Crippen molar-refractivity contribution < 1.29 is 19.1 Å². The molecule has 1 heterocycles. The van der Waals surface area contributed by atoms with Crippen molar-refractivity contribution in [2.45, 2.75) is 13.3 Å². The maximum Gasteiger partial charge on any atom is 0.325 e. The van der Waals surface area contributed by atoms with E-state index in [4.69, 9.17) is 12.2 Å². The molecule has 1 saturated heterocycles. The second-order valence-corrected chi connectivity index (χ2v) is 5.04. The van der Waals surface area contributed by atoms with Gasteiger partial charge in [0.2, 0.25) is 11.8 Å². The van der Waals surface area contributed by atoms with Gasteiger partial charge in [-0.05, 0) is 6.92 Å². The van der Waals surface area contributed by atoms with E-state index in [1.54, 1.807) is 6.92 Å². The number of ether oxygens (including phenoxy) is 1. The van der Waals surface area contributed by atoms with Crippen molar-refractivity contribution in [2.75, 3.05) is 25.4 Å². The van der Waals surface area contributed by atoms with E-state index in [-0.39, 0.29) is 37.9 Å². The number of thiocarbonyl (C=S) groups is 1. The molecule has 100 valence electrons. The molecule has 1 N–H and O–H groups in total. The number of amides is 2. The Morgan fingerprint density at radius 3 is 2.83 bits per heavy atom. The topological polar surface area (TPSA) is 75.7 Å². The van der Waals surface area contributed by atoms with Gasteiger partial charge in [0.25, 0.3) is 0 Å². The zero-order valence-corrected chi connectivity index (χ0v) is 11.6. The number of thioether (sulfide) groups is 1. The van der Waals surface area contributed by atoms with Crippen molar-refractivity contribution in [3.05, 3.63) is 0 Å². The number of hydrogen-bond acceptors (Lipinski definition) is 6. The molecule has 0 unspecified atom stereocenters. The third-order valence-electron chi connectivity index (χ3n) is 2.14. The molecule has 1 fully saturated rings. The van der Waals surface area contributed by atoms with Gasteiger partial charge in [0.1, 0.15) is 10.9 Å². The maximum atomic E-state index is 11.4. The number of carbonyl (C=O) groups is 3. The Morgan fingerprint density at radius 2 is 2.28 bits per heavy atom. The number of nitrogens with one attached hydrogen (secondary N) is 1. The normalized spacial score (nSPS) is 14.8. The lowest BCUT2D eigenvalue weighted by atomic mass is 10.3. The first kappa shape index (κ1) is 14.9. The molecule has 0 aromatic carbocycles. The van der Waals surface area contributed by atoms with Gasteiger partial charge >= 0.3 is 5.97 Å². The minimum Gasteiger partial charge on any atom is -0.465 e. The molecule has 6 nitrogen and oxygen atoms in total. The quantitative estimate of drug-likeness (QED) is 0.544. The SMILES string of the molecule is CCOC(=O)CNC(=O)CCN1C(=O)CSC1=S. The highest BCUT2D eigenvalue weighted by Crippen LogP contribution is 2.19. The Balaban J connectivity index is 2.23. The van der Waals surface area contributed by atoms with Crippen LogP contribution in [0.3, 0.4) is 0 Å². The average molecular weight is 290 g/mol. The van der Waals surface area contributed by atoms with E-state index < -0.39 is 5.97 Å². The number of carbonyl (C=O) groups excluding carboxylic acids is 3. The zero-order valence-electron chi connectivity index (χ0n) is 9.93. The van der Waals surface area contributed by atoms with Gasteiger partial charge in [0.15, 0.2) is 0 Å². The van der Waals surface area contributed by atoms with Crippen molar-refractivity contribution in [1.82, 2.24) is 10.2 Å². The van der Waals surface area contributed by atoms with E-state index in [0.29, 0.717) is 10.1 Å². The minimum absolute atomic E-state index is 0.0804. The van der Waals surface area contributed by atoms with Crippen LogP contribution < -0.4 is 5.32 Å². The Bertz CT molecular complexity index is 357. The largest absolute Gasteiger partial charge is 0.465 e. The molecule has 18 heavy (non-hydrogen) atoms. The van der Waals surface area contributed by atoms with Crippen LogP contribution in [0.2, 0.25) is 0 Å². The molecule has 0 aliphatic carbocycles. The lowest BCUT2D eigenvalue weighted by molar-refractivity contribution is -0.143. The van der Waals surface area contributed by atoms with Gasteiger partial charge in [0.05, 0.1) is 12.4 Å². The van der Waals surface area contributed by atoms with E-state index in [9.17, 15) is 14.4 Å². The molecular formula is C10H14N2O4S2. The minimum atomic E-state index is -0.478. The Kier molecular flexibility index (Phi) is 6.06. The van der Waals surface area contributed by atoms with E-state index in [0.717, 1.165) is 0 Å². The predicted molar refractivity (Wildman–Crippen MR) is 71.0 cm³/mol. The van der Waals surface area contributed by atoms with Gasteiger partial charge in [-0.1, -0.05) is 24.0 Å². The van der Waals surface area contributed by atoms with Crippen molar-refractivity contribution in [3.63, 3.8) is 0 Å². The molecule has 0 bridgehead atoms. The first-order valence-electron chi connectivity index (χ1n) is 5.44. The highest BCUT2D eigenvalue weighted by atomic mass is 32.2. The summed E-state index contributed by atoms with van der Waals surface area (Å²) >= 11 is 6.26. The zero-order chi connectivity index (χ0) is 13.5. The van der Waals surface area contributed by atoms with Crippen molar-refractivity contribution in [2.24, 2.45) is 0 Å². The van der Waals surface area contributed by atoms with Crippen LogP contribution in [0.5, 0.6) is 0 Å². The number of esters is 1. The smallest absolute Gasteiger partial charge is 0.325 e. The molecule has 1 rings (SSSR count). The van der Waals surface area contributed by atoms with Gasteiger partial charge in [0, 0.05) is 13.0 Å². The van der Waals surface area contributed by atoms with Crippen LogP contribution in [0, 0.1) is 0 Å². The van der Waals surface area contributed by atoms with E-state index in [1.807, 2.05) is 0 Å². The fourth-order valence-corrected chi connectivity index (χ4v) is 2.40. The van der Waals surface area contributed by atoms with Crippen molar-refractivity contribution in [3.8, 4) is 0 Å². The number of hydrogen-bond donors (Lipinski definition) is 1. The van der Waals surface area contributed by atoms with Crippen LogP contribution in [0.25, 0.3) is 0 Å². The molecule has 1 aliphatic heterocycles. The van der Waals surface area contributed by atoms with Crippen LogP contribution in [0.4, 0.5) is 0 Å². The summed E-state index contributed by atoms with van der Waals surface area (Å²) in [6.07, 6.45) is 0.117. The monoisotopic (exact) mass is 290 g/mol. The molecular weight excluding hydrogens is 276 g/mol. The van der Waals surface area contributed by atoms with Crippen molar-refractivity contribution in [1.29, 1.82) is 0 Å². The third-order valence-corrected chi connectivity index (χ3v) is 3.57. The van der Waals surface area contributed by atoms with Gasteiger partial charge in [-0.3, -0.25) is 19.3 Å². The maximum absolute atomic E-state index is 11.4. The summed E-state index contributed by atoms with van der Waals surface area (Å²) in [5.74, 6) is -0.531. The first-order chi connectivity index (χ1) is 8.54. The number of rotatable bonds is 6. The lowest BCUT2D eigenvalue weighted by Gasteiger charge is -2.14. The van der Waals surface area contributed by atoms with Crippen LogP contribution in [0.15, 0.2) is 0 Å². The Labute approximate surface area is 114 Å². The van der Waals surface area contributed by atoms with Crippen molar-refractivity contribution >= 4 is 46.1 Å². The molecule has 0 aromatic rings. The van der Waals surface area contributed by atoms with Crippen LogP contribution in [0.1, 0.15) is 13.3 Å². The molecule has 1 aliphatic rings. The van der Waals surface area contributed by atoms with Gasteiger partial charge in [-0.2, -0.15) is 0 Å². The fraction of sp³-hybridized carbons (Fsp3) is 0.600. The Morgan fingerprint density at radius 1 is 1.56 bits per heavy atom. The number of nitrogens with zero attached hydrogens (tertiary/aromatic N) is 1. The lowest BCUT2D eigenvalue weighted by Crippen LogP contribution is -2.35. The summed E-state index contributed by atoms with van der Waals surface area (Å²) in [6.45, 7) is 2.07. The fourth-order valence-electron chi connectivity index (χ4n) is 1.28. The van der Waals surface area contributed by atoms with Crippen LogP contribution >= 0.6 is 24.0 Å². The third kappa shape index (κ3) is 4.61. The standard InChI is InChI=1S/C10H14N2O4S2/c1-2-16-9(15)5-11-7(13)3-4-12-8(14)6-18-10(12)17/h2-6H2,1H3,(H,11,13). The highest BCUT2D eigenvalue weighted by molar-refractivity contribution is 8.23. The first-order valence-corrected chi connectivity index (χ1v) is 6.83. The molecule has 0 aromatic heterocycles. The molecule has 0 radical (unpaired) electrons. The van der Waals surface area contributed by atoms with Crippen LogP contribution in [-0.2, 0) is 19.1 Å². The summed E-state index contributed by atoms with van der Waals surface area (Å²) in [5, 5.41) is 2.42. The Hall–Kier alpha value is -1.15. The van der Waals surface area contributed by atoms with E-state index in [2.05, 4.69) is 10.1 Å². The summed E-state index contributed by atoms with van der Waals surface area (Å²) in [5.41, 5.74) is 0. The molecule has 0 spiro atoms. The molecule has 8 heteroatoms. The second-order valence-electron chi connectivity index (χ2n) is 3.43. The summed E-state index contributed by atoms with van der Waals surface area (Å²) in [4.78, 5) is 35.2. The predicted octanol–water partition coefficient (Wildman–Crippen LogP) is -0.0839. The summed E-state index contributed by atoms with van der Waals surface area (Å²) in [7, 11) is 0. The summed E-state index contributed by atoms with van der Waals surface area (Å²) in [6, 6.07) is 0. The molecule has 0 atom stereocenters. The van der Waals surface area contributed by atoms with Gasteiger partial charge in [-0.25, -0.2) is 0 Å². The summed E-state index contributed by atoms with van der Waals surface area (Å²) < 4.78 is 5.16. The highest BCUT2D eigenvalue weighted by Gasteiger charge is 2.26. The van der Waals surface area contributed by atoms with Crippen LogP contribution in [-0.4, -0.2) is 52.5 Å². The molecule has 2 amide bonds. The van der Waals surface area contributed by atoms with E-state index >= 15 is 0 Å². The van der Waals surface area contributed by atoms with Gasteiger partial charge in [-0.15, -0.1) is 0 Å².